The molecule has 0 aromatic carbocycles. The summed E-state index contributed by atoms with van der Waals surface area (Å²) >= 11 is 0. The van der Waals surface area contributed by atoms with Crippen molar-refractivity contribution in [3.05, 3.63) is 0 Å². The van der Waals surface area contributed by atoms with E-state index in [9.17, 15) is 4.79 Å². The zero-order valence-electron chi connectivity index (χ0n) is 14.4. The van der Waals surface area contributed by atoms with E-state index < -0.39 is 0 Å². The lowest BCUT2D eigenvalue weighted by Gasteiger charge is -2.33. The number of nitrogens with zero attached hydrogens (tertiary/aromatic N) is 2. The highest BCUT2D eigenvalue weighted by molar-refractivity contribution is 5.78. The molecular weight excluding hydrogens is 278 g/mol. The summed E-state index contributed by atoms with van der Waals surface area (Å²) in [7, 11) is 1.76. The lowest BCUT2D eigenvalue weighted by atomic mass is 9.97. The van der Waals surface area contributed by atoms with Crippen molar-refractivity contribution in [1.82, 2.24) is 15.1 Å². The molecule has 0 aliphatic carbocycles. The summed E-state index contributed by atoms with van der Waals surface area (Å²) in [6, 6.07) is 0.559. The molecule has 5 nitrogen and oxygen atoms in total. The highest BCUT2D eigenvalue weighted by Crippen LogP contribution is 2.17. The Hall–Kier alpha value is -0.650. The lowest BCUT2D eigenvalue weighted by molar-refractivity contribution is -0.123. The largest absolute Gasteiger partial charge is 0.383 e. The molecule has 1 amide bonds. The molecule has 1 N–H and O–H groups in total. The maximum Gasteiger partial charge on any atom is 0.234 e. The third-order valence-corrected chi connectivity index (χ3v) is 5.19. The summed E-state index contributed by atoms with van der Waals surface area (Å²) in [5, 5.41) is 3.15. The first kappa shape index (κ1) is 17.7. The summed E-state index contributed by atoms with van der Waals surface area (Å²) in [6.45, 7) is 8.85. The standard InChI is InChI=1S/C17H33N3O2/c1-15-5-3-4-8-20(15)14-17(21)18-13-16-6-9-19(10-7-16)11-12-22-2/h15-16H,3-14H2,1-2H3,(H,18,21). The molecule has 0 radical (unpaired) electrons. The fourth-order valence-corrected chi connectivity index (χ4v) is 3.53. The topological polar surface area (TPSA) is 44.8 Å². The third-order valence-electron chi connectivity index (χ3n) is 5.19. The van der Waals surface area contributed by atoms with Gasteiger partial charge in [-0.15, -0.1) is 0 Å². The van der Waals surface area contributed by atoms with Crippen LogP contribution in [0.2, 0.25) is 0 Å². The number of amides is 1. The summed E-state index contributed by atoms with van der Waals surface area (Å²) in [5.41, 5.74) is 0. The van der Waals surface area contributed by atoms with Crippen LogP contribution in [0.3, 0.4) is 0 Å². The highest BCUT2D eigenvalue weighted by Gasteiger charge is 2.22. The number of piperidine rings is 2. The lowest BCUT2D eigenvalue weighted by Crippen LogP contribution is -2.46. The van der Waals surface area contributed by atoms with E-state index in [2.05, 4.69) is 22.0 Å². The fourth-order valence-electron chi connectivity index (χ4n) is 3.53. The number of likely N-dealkylation sites (tertiary alicyclic amines) is 2. The van der Waals surface area contributed by atoms with Crippen LogP contribution in [0.5, 0.6) is 0 Å². The summed E-state index contributed by atoms with van der Waals surface area (Å²) in [4.78, 5) is 16.9. The maximum absolute atomic E-state index is 12.1. The first-order valence-electron chi connectivity index (χ1n) is 8.91. The zero-order valence-corrected chi connectivity index (χ0v) is 14.4. The Morgan fingerprint density at radius 2 is 1.95 bits per heavy atom. The van der Waals surface area contributed by atoms with E-state index in [0.29, 0.717) is 18.5 Å². The van der Waals surface area contributed by atoms with Crippen molar-refractivity contribution in [2.75, 3.05) is 53.0 Å². The van der Waals surface area contributed by atoms with Crippen LogP contribution in [-0.2, 0) is 9.53 Å². The van der Waals surface area contributed by atoms with Gasteiger partial charge in [-0.3, -0.25) is 9.69 Å². The van der Waals surface area contributed by atoms with Crippen LogP contribution in [0.15, 0.2) is 0 Å². The minimum Gasteiger partial charge on any atom is -0.383 e. The predicted octanol–water partition coefficient (Wildman–Crippen LogP) is 1.34. The normalized spacial score (nSPS) is 25.3. The predicted molar refractivity (Wildman–Crippen MR) is 88.9 cm³/mol. The molecule has 2 aliphatic rings. The molecular formula is C17H33N3O2. The molecule has 0 spiro atoms. The third kappa shape index (κ3) is 5.86. The number of hydrogen-bond acceptors (Lipinski definition) is 4. The van der Waals surface area contributed by atoms with Crippen molar-refractivity contribution in [2.45, 2.75) is 45.1 Å². The van der Waals surface area contributed by atoms with E-state index in [0.717, 1.165) is 39.3 Å². The zero-order chi connectivity index (χ0) is 15.8. The molecule has 5 heteroatoms. The summed E-state index contributed by atoms with van der Waals surface area (Å²) in [6.07, 6.45) is 6.14. The Labute approximate surface area is 135 Å². The number of carbonyl (C=O) groups is 1. The molecule has 2 rings (SSSR count). The van der Waals surface area contributed by atoms with Gasteiger partial charge in [0.2, 0.25) is 5.91 Å². The van der Waals surface area contributed by atoms with Gasteiger partial charge in [0.1, 0.15) is 0 Å². The number of hydrogen-bond donors (Lipinski definition) is 1. The molecule has 2 fully saturated rings. The Kier molecular flexibility index (Phi) is 7.63. The van der Waals surface area contributed by atoms with Gasteiger partial charge >= 0.3 is 0 Å². The van der Waals surface area contributed by atoms with E-state index >= 15 is 0 Å². The Balaban J connectivity index is 1.59. The Bertz CT molecular complexity index is 330. The molecule has 0 aromatic heterocycles. The molecule has 0 aromatic rings. The Morgan fingerprint density at radius 3 is 2.64 bits per heavy atom. The molecule has 0 saturated carbocycles. The monoisotopic (exact) mass is 311 g/mol. The quantitative estimate of drug-likeness (QED) is 0.770. The second-order valence-corrected chi connectivity index (χ2v) is 6.90. The van der Waals surface area contributed by atoms with Gasteiger partial charge in [0, 0.05) is 26.2 Å². The van der Waals surface area contributed by atoms with Gasteiger partial charge in [-0.05, 0) is 58.2 Å². The van der Waals surface area contributed by atoms with Gasteiger partial charge in [-0.1, -0.05) is 6.42 Å². The van der Waals surface area contributed by atoms with Gasteiger partial charge < -0.3 is 15.0 Å². The van der Waals surface area contributed by atoms with E-state index in [-0.39, 0.29) is 5.91 Å². The van der Waals surface area contributed by atoms with Gasteiger partial charge in [-0.25, -0.2) is 0 Å². The number of nitrogens with one attached hydrogen (secondary N) is 1. The van der Waals surface area contributed by atoms with Crippen molar-refractivity contribution in [2.24, 2.45) is 5.92 Å². The first-order chi connectivity index (χ1) is 10.7. The van der Waals surface area contributed by atoms with Crippen LogP contribution in [0, 0.1) is 5.92 Å². The second-order valence-electron chi connectivity index (χ2n) is 6.90. The van der Waals surface area contributed by atoms with Gasteiger partial charge in [0.15, 0.2) is 0 Å². The van der Waals surface area contributed by atoms with Crippen LogP contribution in [0.1, 0.15) is 39.0 Å². The average Bonchev–Trinajstić information content (AvgIpc) is 2.54. The number of carbonyl (C=O) groups excluding carboxylic acids is 1. The van der Waals surface area contributed by atoms with Crippen LogP contribution < -0.4 is 5.32 Å². The molecule has 2 saturated heterocycles. The van der Waals surface area contributed by atoms with Crippen LogP contribution >= 0.6 is 0 Å². The number of ether oxygens (including phenoxy) is 1. The van der Waals surface area contributed by atoms with Crippen molar-refractivity contribution in [3.8, 4) is 0 Å². The van der Waals surface area contributed by atoms with Crippen molar-refractivity contribution in [3.63, 3.8) is 0 Å². The summed E-state index contributed by atoms with van der Waals surface area (Å²) in [5.74, 6) is 0.845. The van der Waals surface area contributed by atoms with Crippen molar-refractivity contribution >= 4 is 5.91 Å². The minimum atomic E-state index is 0.204. The Morgan fingerprint density at radius 1 is 1.18 bits per heavy atom. The smallest absolute Gasteiger partial charge is 0.234 e. The van der Waals surface area contributed by atoms with Crippen molar-refractivity contribution < 1.29 is 9.53 Å². The number of rotatable bonds is 7. The molecule has 128 valence electrons. The average molecular weight is 311 g/mol. The van der Waals surface area contributed by atoms with Crippen molar-refractivity contribution in [1.29, 1.82) is 0 Å². The van der Waals surface area contributed by atoms with Gasteiger partial charge in [0.25, 0.3) is 0 Å². The first-order valence-corrected chi connectivity index (χ1v) is 8.91. The molecule has 1 atom stereocenters. The molecule has 2 heterocycles. The highest BCUT2D eigenvalue weighted by atomic mass is 16.5. The van der Waals surface area contributed by atoms with E-state index in [1.807, 2.05) is 0 Å². The van der Waals surface area contributed by atoms with Gasteiger partial charge in [0.05, 0.1) is 13.2 Å². The van der Waals surface area contributed by atoms with E-state index in [4.69, 9.17) is 4.74 Å². The second kappa shape index (κ2) is 9.48. The minimum absolute atomic E-state index is 0.204. The molecule has 22 heavy (non-hydrogen) atoms. The molecule has 0 bridgehead atoms. The van der Waals surface area contributed by atoms with Crippen LogP contribution in [0.25, 0.3) is 0 Å². The SMILES string of the molecule is COCCN1CCC(CNC(=O)CN2CCCCC2C)CC1. The summed E-state index contributed by atoms with van der Waals surface area (Å²) < 4.78 is 5.13. The van der Waals surface area contributed by atoms with E-state index in [1.165, 1.54) is 32.1 Å². The van der Waals surface area contributed by atoms with Gasteiger partial charge in [-0.2, -0.15) is 0 Å². The van der Waals surface area contributed by atoms with E-state index in [1.54, 1.807) is 7.11 Å². The van der Waals surface area contributed by atoms with Crippen LogP contribution in [-0.4, -0.2) is 74.7 Å². The molecule has 2 aliphatic heterocycles. The molecule has 1 unspecified atom stereocenters. The fraction of sp³-hybridized carbons (Fsp3) is 0.941. The number of methoxy groups -OCH3 is 1. The maximum atomic E-state index is 12.1. The van der Waals surface area contributed by atoms with Crippen LogP contribution in [0.4, 0.5) is 0 Å².